The Labute approximate surface area is 128 Å². The van der Waals surface area contributed by atoms with Crippen molar-refractivity contribution in [1.29, 1.82) is 0 Å². The maximum Gasteiger partial charge on any atom is 0.235 e. The van der Waals surface area contributed by atoms with E-state index in [4.69, 9.17) is 29.7 Å². The molecule has 0 aromatic heterocycles. The lowest BCUT2D eigenvalue weighted by Gasteiger charge is -2.36. The maximum atomic E-state index is 10.0. The molecular weight excluding hydrogens is 275 g/mol. The Morgan fingerprint density at radius 2 is 2.00 bits per heavy atom. The first kappa shape index (κ1) is 19.0. The van der Waals surface area contributed by atoms with Crippen LogP contribution in [0.3, 0.4) is 0 Å². The van der Waals surface area contributed by atoms with Crippen molar-refractivity contribution in [2.45, 2.75) is 56.6 Å². The fourth-order valence-electron chi connectivity index (χ4n) is 2.50. The zero-order chi connectivity index (χ0) is 16.3. The molecule has 5 atom stereocenters. The fourth-order valence-corrected chi connectivity index (χ4v) is 2.50. The maximum absolute atomic E-state index is 10.0. The molecule has 0 spiro atoms. The molecule has 0 radical (unpaired) electrons. The number of aliphatic hydroxyl groups is 2. The van der Waals surface area contributed by atoms with Gasteiger partial charge in [-0.25, -0.2) is 0 Å². The molecule has 0 aliphatic carbocycles. The highest BCUT2D eigenvalue weighted by atomic mass is 16.7. The minimum atomic E-state index is -1.20. The van der Waals surface area contributed by atoms with Crippen molar-refractivity contribution in [1.82, 2.24) is 0 Å². The number of hydrogen-bond acceptors (Lipinski definition) is 7. The number of nitrogens with two attached hydrogens (primary N) is 1. The van der Waals surface area contributed by atoms with Crippen LogP contribution in [-0.2, 0) is 18.9 Å². The van der Waals surface area contributed by atoms with Crippen LogP contribution < -0.4 is 5.73 Å². The molecule has 1 aliphatic heterocycles. The van der Waals surface area contributed by atoms with Gasteiger partial charge in [0, 0.05) is 6.92 Å². The van der Waals surface area contributed by atoms with Gasteiger partial charge in [-0.05, 0) is 13.8 Å². The third kappa shape index (κ3) is 5.56. The van der Waals surface area contributed by atoms with Gasteiger partial charge in [0.05, 0.1) is 24.8 Å². The molecule has 1 aliphatic rings. The molecule has 120 valence electrons. The van der Waals surface area contributed by atoms with Gasteiger partial charge in [0.15, 0.2) is 0 Å². The van der Waals surface area contributed by atoms with Gasteiger partial charge in [-0.1, -0.05) is 0 Å². The first-order valence-corrected chi connectivity index (χ1v) is 7.31. The van der Waals surface area contributed by atoms with Gasteiger partial charge < -0.3 is 29.1 Å². The highest BCUT2D eigenvalue weighted by Crippen LogP contribution is 2.25. The van der Waals surface area contributed by atoms with E-state index >= 15 is 0 Å². The van der Waals surface area contributed by atoms with E-state index in [0.717, 1.165) is 0 Å². The number of rotatable bonds is 8. The summed E-state index contributed by atoms with van der Waals surface area (Å²) in [5, 5.41) is 19.1. The lowest BCUT2D eigenvalue weighted by molar-refractivity contribution is -0.244. The summed E-state index contributed by atoms with van der Waals surface area (Å²) in [5.41, 5.74) is 5.19. The van der Waals surface area contributed by atoms with Crippen LogP contribution in [0.4, 0.5) is 0 Å². The summed E-state index contributed by atoms with van der Waals surface area (Å²) < 4.78 is 22.2. The second-order valence-corrected chi connectivity index (χ2v) is 6.14. The topological polar surface area (TPSA) is 103 Å². The molecule has 1 saturated heterocycles. The highest BCUT2D eigenvalue weighted by Gasteiger charge is 2.42. The third-order valence-electron chi connectivity index (χ3n) is 3.28. The van der Waals surface area contributed by atoms with Crippen molar-refractivity contribution in [2.75, 3.05) is 13.2 Å². The van der Waals surface area contributed by atoms with E-state index in [9.17, 15) is 5.11 Å². The molecular formula is C11H26B3NO6. The first-order valence-electron chi connectivity index (χ1n) is 7.31. The van der Waals surface area contributed by atoms with Crippen LogP contribution >= 0.6 is 0 Å². The lowest BCUT2D eigenvalue weighted by atomic mass is 9.72. The van der Waals surface area contributed by atoms with E-state index in [2.05, 4.69) is 0 Å². The summed E-state index contributed by atoms with van der Waals surface area (Å²) in [6.07, 6.45) is -1.99. The van der Waals surface area contributed by atoms with Crippen molar-refractivity contribution in [2.24, 2.45) is 5.73 Å². The molecule has 1 fully saturated rings. The smallest absolute Gasteiger partial charge is 0.235 e. The molecule has 0 amide bonds. The van der Waals surface area contributed by atoms with Crippen molar-refractivity contribution in [3.63, 3.8) is 0 Å². The van der Waals surface area contributed by atoms with E-state index in [-0.39, 0.29) is 19.2 Å². The van der Waals surface area contributed by atoms with Crippen LogP contribution in [0.1, 0.15) is 20.8 Å². The summed E-state index contributed by atoms with van der Waals surface area (Å²) >= 11 is 0. The SMILES string of the molecule is BBOC(C)(N)OC(C)(C)COC1C(B)OC(CO)C1O. The molecule has 5 unspecified atom stereocenters. The van der Waals surface area contributed by atoms with Crippen molar-refractivity contribution in [3.05, 3.63) is 0 Å². The van der Waals surface area contributed by atoms with Crippen LogP contribution in [0, 0.1) is 0 Å². The Morgan fingerprint density at radius 1 is 1.38 bits per heavy atom. The molecule has 0 bridgehead atoms. The number of ether oxygens (including phenoxy) is 3. The quantitative estimate of drug-likeness (QED) is 0.315. The second kappa shape index (κ2) is 7.45. The molecule has 0 aromatic rings. The van der Waals surface area contributed by atoms with Crippen molar-refractivity contribution < 1.29 is 29.1 Å². The number of hydrogen-bond donors (Lipinski definition) is 3. The van der Waals surface area contributed by atoms with Gasteiger partial charge in [0.1, 0.15) is 33.9 Å². The standard InChI is InChI=1S/C11H26B3NO6/c1-10(2,20-11(3,15)21-14-13)5-18-8-7(17)6(4-16)19-9(8)12/h6-9,14,16-17H,4-5,12-13,15H2,1-3H3. The van der Waals surface area contributed by atoms with E-state index in [1.54, 1.807) is 14.8 Å². The predicted molar refractivity (Wildman–Crippen MR) is 84.6 cm³/mol. The molecule has 4 N–H and O–H groups in total. The van der Waals surface area contributed by atoms with Gasteiger partial charge in [-0.15, -0.1) is 0 Å². The predicted octanol–water partition coefficient (Wildman–Crippen LogP) is -3.57. The Morgan fingerprint density at radius 3 is 2.48 bits per heavy atom. The zero-order valence-corrected chi connectivity index (χ0v) is 13.5. The molecule has 21 heavy (non-hydrogen) atoms. The molecule has 1 heterocycles. The van der Waals surface area contributed by atoms with Gasteiger partial charge >= 0.3 is 0 Å². The van der Waals surface area contributed by atoms with Crippen LogP contribution in [0.5, 0.6) is 0 Å². The summed E-state index contributed by atoms with van der Waals surface area (Å²) in [6.45, 7) is 5.26. The van der Waals surface area contributed by atoms with Gasteiger partial charge in [-0.3, -0.25) is 5.73 Å². The average molecular weight is 301 g/mol. The Hall–Kier alpha value is -0.0852. The minimum absolute atomic E-state index is 0.209. The number of aliphatic hydroxyl groups excluding tert-OH is 2. The normalized spacial score (nSPS) is 32.9. The van der Waals surface area contributed by atoms with Gasteiger partial charge in [0.25, 0.3) is 0 Å². The largest absolute Gasteiger partial charge is 0.413 e. The average Bonchev–Trinajstić information content (AvgIpc) is 2.60. The Bertz CT molecular complexity index is 333. The highest BCUT2D eigenvalue weighted by molar-refractivity contribution is 6.85. The van der Waals surface area contributed by atoms with Gasteiger partial charge in [0.2, 0.25) is 13.3 Å². The monoisotopic (exact) mass is 301 g/mol. The van der Waals surface area contributed by atoms with Crippen molar-refractivity contribution in [3.8, 4) is 0 Å². The Kier molecular flexibility index (Phi) is 6.73. The second-order valence-electron chi connectivity index (χ2n) is 6.14. The third-order valence-corrected chi connectivity index (χ3v) is 3.28. The molecule has 10 heteroatoms. The molecule has 1 rings (SSSR count). The molecule has 7 nitrogen and oxygen atoms in total. The van der Waals surface area contributed by atoms with E-state index in [1.807, 2.05) is 21.6 Å². The zero-order valence-electron chi connectivity index (χ0n) is 13.5. The van der Waals surface area contributed by atoms with E-state index in [0.29, 0.717) is 7.37 Å². The van der Waals surface area contributed by atoms with Crippen LogP contribution in [0.15, 0.2) is 0 Å². The lowest BCUT2D eigenvalue weighted by Crippen LogP contribution is -2.51. The van der Waals surface area contributed by atoms with Crippen LogP contribution in [0.2, 0.25) is 0 Å². The van der Waals surface area contributed by atoms with Crippen LogP contribution in [0.25, 0.3) is 0 Å². The van der Waals surface area contributed by atoms with E-state index < -0.39 is 29.8 Å². The fraction of sp³-hybridized carbons (Fsp3) is 1.00. The summed E-state index contributed by atoms with van der Waals surface area (Å²) in [6, 6.07) is -0.302. The Balaban J connectivity index is 2.53. The van der Waals surface area contributed by atoms with E-state index in [1.165, 1.54) is 0 Å². The summed E-state index contributed by atoms with van der Waals surface area (Å²) in [7, 11) is 4.07. The van der Waals surface area contributed by atoms with Crippen LogP contribution in [-0.4, -0.2) is 82.2 Å². The van der Waals surface area contributed by atoms with Gasteiger partial charge in [-0.2, -0.15) is 0 Å². The molecule has 0 aromatic carbocycles. The summed E-state index contributed by atoms with van der Waals surface area (Å²) in [4.78, 5) is 0. The summed E-state index contributed by atoms with van der Waals surface area (Å²) in [5.74, 6) is -1.20. The molecule has 0 saturated carbocycles. The first-order chi connectivity index (χ1) is 9.62. The minimum Gasteiger partial charge on any atom is -0.413 e. The van der Waals surface area contributed by atoms with Crippen molar-refractivity contribution >= 4 is 23.0 Å².